The van der Waals surface area contributed by atoms with Crippen molar-refractivity contribution in [1.82, 2.24) is 0 Å². The van der Waals surface area contributed by atoms with E-state index in [0.717, 1.165) is 12.0 Å². The van der Waals surface area contributed by atoms with E-state index >= 15 is 0 Å². The van der Waals surface area contributed by atoms with E-state index in [1.807, 2.05) is 6.92 Å². The summed E-state index contributed by atoms with van der Waals surface area (Å²) in [6, 6.07) is 4.85. The summed E-state index contributed by atoms with van der Waals surface area (Å²) >= 11 is 0. The highest BCUT2D eigenvalue weighted by Gasteiger charge is 2.43. The van der Waals surface area contributed by atoms with Crippen LogP contribution < -0.4 is 0 Å². The highest BCUT2D eigenvalue weighted by atomic mass is 16.5. The van der Waals surface area contributed by atoms with E-state index in [1.165, 1.54) is 6.07 Å². The first-order valence-corrected chi connectivity index (χ1v) is 7.54. The Kier molecular flexibility index (Phi) is 4.66. The second-order valence-corrected chi connectivity index (χ2v) is 5.68. The summed E-state index contributed by atoms with van der Waals surface area (Å²) in [6.07, 6.45) is 3.02. The fourth-order valence-electron chi connectivity index (χ4n) is 3.24. The third kappa shape index (κ3) is 3.09. The van der Waals surface area contributed by atoms with Crippen molar-refractivity contribution in [2.45, 2.75) is 46.0 Å². The molecule has 21 heavy (non-hydrogen) atoms. The highest BCUT2D eigenvalue weighted by molar-refractivity contribution is 6.04. The van der Waals surface area contributed by atoms with Gasteiger partial charge < -0.3 is 9.84 Å². The minimum atomic E-state index is -0.648. The summed E-state index contributed by atoms with van der Waals surface area (Å²) in [6.45, 7) is 4.12. The molecule has 1 aromatic carbocycles. The van der Waals surface area contributed by atoms with Crippen LogP contribution in [0.1, 0.15) is 55.5 Å². The molecule has 0 saturated carbocycles. The zero-order valence-electron chi connectivity index (χ0n) is 12.6. The van der Waals surface area contributed by atoms with Gasteiger partial charge in [0.2, 0.25) is 0 Å². The fourth-order valence-corrected chi connectivity index (χ4v) is 3.24. The molecular formula is C17H22O4. The van der Waals surface area contributed by atoms with E-state index in [4.69, 9.17) is 4.74 Å². The standard InChI is InChI=1S/C17H22O4/c1-3-8-17(11-15(19)21-4-2)9-7-12-10-13(18)5-6-14(12)16(17)20/h5-6,10,18H,3-4,7-9,11H2,1-2H3. The number of hydrogen-bond acceptors (Lipinski definition) is 4. The Morgan fingerprint density at radius 3 is 2.81 bits per heavy atom. The molecule has 0 aliphatic heterocycles. The molecule has 114 valence electrons. The molecule has 4 nitrogen and oxygen atoms in total. The highest BCUT2D eigenvalue weighted by Crippen LogP contribution is 2.42. The van der Waals surface area contributed by atoms with Crippen LogP contribution in [0.25, 0.3) is 0 Å². The number of phenolic OH excluding ortho intramolecular Hbond substituents is 1. The van der Waals surface area contributed by atoms with Gasteiger partial charge in [0.1, 0.15) is 5.75 Å². The molecule has 2 rings (SSSR count). The molecule has 0 amide bonds. The van der Waals surface area contributed by atoms with Gasteiger partial charge in [-0.15, -0.1) is 0 Å². The Morgan fingerprint density at radius 2 is 2.14 bits per heavy atom. The summed E-state index contributed by atoms with van der Waals surface area (Å²) in [7, 11) is 0. The first-order chi connectivity index (χ1) is 10.0. The number of rotatable bonds is 5. The van der Waals surface area contributed by atoms with Crippen molar-refractivity contribution >= 4 is 11.8 Å². The molecule has 1 N–H and O–H groups in total. The SMILES string of the molecule is CCCC1(CC(=O)OCC)CCc2cc(O)ccc2C1=O. The number of carbonyl (C=O) groups is 2. The van der Waals surface area contributed by atoms with Crippen molar-refractivity contribution in [3.63, 3.8) is 0 Å². The molecule has 0 spiro atoms. The Hall–Kier alpha value is -1.84. The number of esters is 1. The zero-order valence-corrected chi connectivity index (χ0v) is 12.6. The van der Waals surface area contributed by atoms with Gasteiger partial charge in [-0.1, -0.05) is 13.3 Å². The average molecular weight is 290 g/mol. The van der Waals surface area contributed by atoms with Gasteiger partial charge in [-0.05, 0) is 49.9 Å². The van der Waals surface area contributed by atoms with Gasteiger partial charge in [0, 0.05) is 11.0 Å². The van der Waals surface area contributed by atoms with Gasteiger partial charge in [-0.2, -0.15) is 0 Å². The Labute approximate surface area is 125 Å². The molecule has 0 bridgehead atoms. The van der Waals surface area contributed by atoms with Crippen molar-refractivity contribution in [3.8, 4) is 5.75 Å². The fraction of sp³-hybridized carbons (Fsp3) is 0.529. The van der Waals surface area contributed by atoms with Gasteiger partial charge in [0.05, 0.1) is 13.0 Å². The Bertz CT molecular complexity index is 550. The van der Waals surface area contributed by atoms with Crippen LogP contribution in [0.5, 0.6) is 5.75 Å². The van der Waals surface area contributed by atoms with Crippen LogP contribution in [0.15, 0.2) is 18.2 Å². The first kappa shape index (κ1) is 15.5. The average Bonchev–Trinajstić information content (AvgIpc) is 2.43. The minimum absolute atomic E-state index is 0.0126. The summed E-state index contributed by atoms with van der Waals surface area (Å²) in [5.74, 6) is -0.116. The largest absolute Gasteiger partial charge is 0.508 e. The Balaban J connectivity index is 2.33. The van der Waals surface area contributed by atoms with Crippen LogP contribution in [0.2, 0.25) is 0 Å². The molecule has 0 saturated heterocycles. The molecular weight excluding hydrogens is 268 g/mol. The molecule has 1 aliphatic carbocycles. The smallest absolute Gasteiger partial charge is 0.306 e. The molecule has 4 heteroatoms. The zero-order chi connectivity index (χ0) is 15.5. The Morgan fingerprint density at radius 1 is 1.38 bits per heavy atom. The van der Waals surface area contributed by atoms with Crippen LogP contribution in [0.3, 0.4) is 0 Å². The number of aromatic hydroxyl groups is 1. The van der Waals surface area contributed by atoms with E-state index in [0.29, 0.717) is 31.4 Å². The van der Waals surface area contributed by atoms with Crippen molar-refractivity contribution in [1.29, 1.82) is 0 Å². The van der Waals surface area contributed by atoms with Crippen molar-refractivity contribution < 1.29 is 19.4 Å². The lowest BCUT2D eigenvalue weighted by molar-refractivity contribution is -0.145. The lowest BCUT2D eigenvalue weighted by Gasteiger charge is -2.36. The third-order valence-electron chi connectivity index (χ3n) is 4.20. The molecule has 1 unspecified atom stereocenters. The molecule has 1 aliphatic rings. The van der Waals surface area contributed by atoms with Gasteiger partial charge in [-0.3, -0.25) is 9.59 Å². The van der Waals surface area contributed by atoms with Gasteiger partial charge in [0.25, 0.3) is 0 Å². The quantitative estimate of drug-likeness (QED) is 0.845. The third-order valence-corrected chi connectivity index (χ3v) is 4.20. The second-order valence-electron chi connectivity index (χ2n) is 5.68. The maximum atomic E-state index is 12.9. The number of aryl methyl sites for hydroxylation is 1. The number of hydrogen-bond donors (Lipinski definition) is 1. The van der Waals surface area contributed by atoms with Crippen molar-refractivity contribution in [3.05, 3.63) is 29.3 Å². The van der Waals surface area contributed by atoms with Crippen molar-refractivity contribution in [2.75, 3.05) is 6.61 Å². The number of ether oxygens (including phenoxy) is 1. The van der Waals surface area contributed by atoms with E-state index in [-0.39, 0.29) is 23.9 Å². The number of benzene rings is 1. The predicted octanol–water partition coefficient (Wildman–Crippen LogP) is 3.26. The minimum Gasteiger partial charge on any atom is -0.508 e. The van der Waals surface area contributed by atoms with E-state index in [9.17, 15) is 14.7 Å². The first-order valence-electron chi connectivity index (χ1n) is 7.54. The summed E-state index contributed by atoms with van der Waals surface area (Å²) in [5.41, 5.74) is 0.859. The number of carbonyl (C=O) groups excluding carboxylic acids is 2. The molecule has 0 heterocycles. The van der Waals surface area contributed by atoms with E-state index in [1.54, 1.807) is 19.1 Å². The number of ketones is 1. The molecule has 0 fully saturated rings. The van der Waals surface area contributed by atoms with Gasteiger partial charge in [0.15, 0.2) is 5.78 Å². The maximum Gasteiger partial charge on any atom is 0.306 e. The molecule has 1 atom stereocenters. The molecule has 1 aromatic rings. The second kappa shape index (κ2) is 6.29. The topological polar surface area (TPSA) is 63.6 Å². The van der Waals surface area contributed by atoms with Crippen LogP contribution >= 0.6 is 0 Å². The maximum absolute atomic E-state index is 12.9. The number of phenols is 1. The predicted molar refractivity (Wildman–Crippen MR) is 79.3 cm³/mol. The molecule has 0 radical (unpaired) electrons. The van der Waals surface area contributed by atoms with E-state index in [2.05, 4.69) is 0 Å². The summed E-state index contributed by atoms with van der Waals surface area (Å²) in [4.78, 5) is 24.8. The monoisotopic (exact) mass is 290 g/mol. The van der Waals surface area contributed by atoms with Crippen LogP contribution in [0.4, 0.5) is 0 Å². The van der Waals surface area contributed by atoms with Crippen LogP contribution in [-0.4, -0.2) is 23.5 Å². The van der Waals surface area contributed by atoms with Crippen LogP contribution in [0, 0.1) is 5.41 Å². The van der Waals surface area contributed by atoms with Crippen LogP contribution in [-0.2, 0) is 16.0 Å². The lowest BCUT2D eigenvalue weighted by Crippen LogP contribution is -2.38. The number of Topliss-reactive ketones (excluding diaryl/α,β-unsaturated/α-hetero) is 1. The normalized spacial score (nSPS) is 21.0. The van der Waals surface area contributed by atoms with Crippen molar-refractivity contribution in [2.24, 2.45) is 5.41 Å². The van der Waals surface area contributed by atoms with Gasteiger partial charge in [-0.25, -0.2) is 0 Å². The van der Waals surface area contributed by atoms with Gasteiger partial charge >= 0.3 is 5.97 Å². The molecule has 0 aromatic heterocycles. The summed E-state index contributed by atoms with van der Waals surface area (Å²) < 4.78 is 5.04. The van der Waals surface area contributed by atoms with E-state index < -0.39 is 5.41 Å². The summed E-state index contributed by atoms with van der Waals surface area (Å²) in [5, 5.41) is 9.54. The number of fused-ring (bicyclic) bond motifs is 1. The lowest BCUT2D eigenvalue weighted by atomic mass is 9.66.